The van der Waals surface area contributed by atoms with Crippen LogP contribution in [0.5, 0.6) is 0 Å². The van der Waals surface area contributed by atoms with Crippen LogP contribution in [0.15, 0.2) is 46.2 Å². The Morgan fingerprint density at radius 3 is 1.21 bits per heavy atom. The van der Waals surface area contributed by atoms with Crippen molar-refractivity contribution in [3.05, 3.63) is 56.6 Å². The topological polar surface area (TPSA) is 195 Å². The molecule has 0 fully saturated rings. The largest absolute Gasteiger partial charge is 1.00 e. The molecule has 2 aromatic carbocycles. The third kappa shape index (κ3) is 6.67. The Morgan fingerprint density at radius 1 is 0.714 bits per heavy atom. The Balaban J connectivity index is -0.00000182. The van der Waals surface area contributed by atoms with Gasteiger partial charge in [-0.3, -0.25) is 29.3 Å². The van der Waals surface area contributed by atoms with Crippen molar-refractivity contribution < 1.29 is 141 Å². The Kier molecular flexibility index (Phi) is 10.7. The summed E-state index contributed by atoms with van der Waals surface area (Å²) in [4.78, 5) is 18.8. The third-order valence-corrected chi connectivity index (χ3v) is 4.92. The van der Waals surface area contributed by atoms with Crippen LogP contribution < -0.4 is 103 Å². The van der Waals surface area contributed by atoms with Crippen LogP contribution in [-0.2, 0) is 20.2 Å². The number of benzene rings is 2. The van der Waals surface area contributed by atoms with Gasteiger partial charge in [0.25, 0.3) is 31.6 Å². The number of nitro groups is 2. The molecule has 0 atom stereocenters. The molecule has 2 rings (SSSR count). The maximum absolute atomic E-state index is 11.2. The quantitative estimate of drug-likeness (QED) is 0.182. The minimum absolute atomic E-state index is 0. The zero-order chi connectivity index (χ0) is 19.9. The standard InChI is InChI=1S/C12H8N2O10S2.2K.2H/c15-13(16)11-5-7(25(19,20)21)1-3-9(11)10-4-2-8(26(22,23)24)6-12(10)14(17)18;;;;/h1-6H,(H,19,20,21)(H,22,23,24);;;;/q;2*+1;2*-1. The molecular formula is C12H10K2N2O10S2. The van der Waals surface area contributed by atoms with Crippen LogP contribution >= 0.6 is 0 Å². The first-order valence-electron chi connectivity index (χ1n) is 6.34. The van der Waals surface area contributed by atoms with E-state index in [4.69, 9.17) is 9.11 Å². The molecule has 2 N–H and O–H groups in total. The minimum atomic E-state index is -4.76. The summed E-state index contributed by atoms with van der Waals surface area (Å²) in [6.45, 7) is 0. The van der Waals surface area contributed by atoms with E-state index in [1.807, 2.05) is 0 Å². The Hall–Kier alpha value is 0.333. The molecule has 0 aliphatic rings. The molecule has 12 nitrogen and oxygen atoms in total. The van der Waals surface area contributed by atoms with E-state index in [0.717, 1.165) is 24.3 Å². The third-order valence-electron chi connectivity index (χ3n) is 3.22. The van der Waals surface area contributed by atoms with Gasteiger partial charge in [-0.05, 0) is 24.3 Å². The molecule has 0 spiro atoms. The average molecular weight is 485 g/mol. The van der Waals surface area contributed by atoms with E-state index in [0.29, 0.717) is 12.1 Å². The van der Waals surface area contributed by atoms with Crippen LogP contribution in [-0.4, -0.2) is 35.8 Å². The van der Waals surface area contributed by atoms with Crippen LogP contribution in [0.25, 0.3) is 11.1 Å². The molecule has 0 bridgehead atoms. The van der Waals surface area contributed by atoms with Crippen LogP contribution in [0, 0.1) is 20.2 Å². The second kappa shape index (κ2) is 10.6. The zero-order valence-electron chi connectivity index (χ0n) is 16.3. The Labute approximate surface area is 246 Å². The Bertz CT molecular complexity index is 1070. The molecule has 0 radical (unpaired) electrons. The summed E-state index contributed by atoms with van der Waals surface area (Å²) in [6.07, 6.45) is 0. The molecule has 0 amide bonds. The number of rotatable bonds is 5. The maximum Gasteiger partial charge on any atom is 1.00 e. The van der Waals surface area contributed by atoms with E-state index in [-0.39, 0.29) is 106 Å². The summed E-state index contributed by atoms with van der Waals surface area (Å²) in [6, 6.07) is 4.31. The van der Waals surface area contributed by atoms with E-state index in [1.165, 1.54) is 0 Å². The van der Waals surface area contributed by atoms with Crippen molar-refractivity contribution in [2.24, 2.45) is 0 Å². The van der Waals surface area contributed by atoms with Gasteiger partial charge in [-0.1, -0.05) is 0 Å². The molecule has 0 aromatic heterocycles. The minimum Gasteiger partial charge on any atom is -1.00 e. The predicted octanol–water partition coefficient (Wildman–Crippen LogP) is -4.10. The smallest absolute Gasteiger partial charge is 1.00 e. The molecule has 0 heterocycles. The molecule has 16 heteroatoms. The first-order valence-corrected chi connectivity index (χ1v) is 9.22. The SMILES string of the molecule is O=[N+]([O-])c1cc(S(=O)(=O)O)ccc1-c1ccc(S(=O)(=O)O)cc1[N+](=O)[O-].[H-].[H-].[K+].[K+]. The number of nitro benzene ring substituents is 2. The van der Waals surface area contributed by atoms with Crippen LogP contribution in [0.3, 0.4) is 0 Å². The summed E-state index contributed by atoms with van der Waals surface area (Å²) < 4.78 is 62.4. The van der Waals surface area contributed by atoms with Crippen LogP contribution in [0.1, 0.15) is 2.85 Å². The summed E-state index contributed by atoms with van der Waals surface area (Å²) in [5.41, 5.74) is -2.53. The summed E-state index contributed by atoms with van der Waals surface area (Å²) in [5.74, 6) is 0. The Morgan fingerprint density at radius 2 is 1.00 bits per heavy atom. The molecule has 0 aliphatic heterocycles. The van der Waals surface area contributed by atoms with Crippen molar-refractivity contribution >= 4 is 31.6 Å². The summed E-state index contributed by atoms with van der Waals surface area (Å²) >= 11 is 0. The molecule has 0 saturated heterocycles. The molecule has 142 valence electrons. The van der Waals surface area contributed by atoms with Gasteiger partial charge >= 0.3 is 103 Å². The van der Waals surface area contributed by atoms with Crippen LogP contribution in [0.4, 0.5) is 11.4 Å². The fourth-order valence-electron chi connectivity index (χ4n) is 2.10. The van der Waals surface area contributed by atoms with Crippen molar-refractivity contribution in [3.63, 3.8) is 0 Å². The second-order valence-electron chi connectivity index (χ2n) is 4.82. The predicted molar refractivity (Wildman–Crippen MR) is 87.0 cm³/mol. The van der Waals surface area contributed by atoms with Gasteiger partial charge in [-0.2, -0.15) is 16.8 Å². The average Bonchev–Trinajstić information content (AvgIpc) is 2.51. The summed E-state index contributed by atoms with van der Waals surface area (Å²) in [5, 5.41) is 22.4. The number of nitrogens with zero attached hydrogens (tertiary/aromatic N) is 2. The fourth-order valence-corrected chi connectivity index (χ4v) is 3.10. The molecule has 0 unspecified atom stereocenters. The van der Waals surface area contributed by atoms with Gasteiger partial charge in [0.05, 0.1) is 21.0 Å². The molecule has 2 aromatic rings. The van der Waals surface area contributed by atoms with E-state index < -0.39 is 62.4 Å². The van der Waals surface area contributed by atoms with E-state index in [9.17, 15) is 37.1 Å². The first-order chi connectivity index (χ1) is 11.8. The van der Waals surface area contributed by atoms with Crippen LogP contribution in [0.2, 0.25) is 0 Å². The zero-order valence-corrected chi connectivity index (χ0v) is 22.2. The van der Waals surface area contributed by atoms with E-state index >= 15 is 0 Å². The summed E-state index contributed by atoms with van der Waals surface area (Å²) in [7, 11) is -9.52. The van der Waals surface area contributed by atoms with Gasteiger partial charge in [0, 0.05) is 12.1 Å². The number of hydrogen-bond acceptors (Lipinski definition) is 8. The molecule has 0 aliphatic carbocycles. The second-order valence-corrected chi connectivity index (χ2v) is 7.67. The van der Waals surface area contributed by atoms with E-state index in [2.05, 4.69) is 0 Å². The number of hydrogen-bond donors (Lipinski definition) is 2. The van der Waals surface area contributed by atoms with E-state index in [1.54, 1.807) is 0 Å². The van der Waals surface area contributed by atoms with Gasteiger partial charge in [0.15, 0.2) is 0 Å². The van der Waals surface area contributed by atoms with Gasteiger partial charge in [0.1, 0.15) is 9.79 Å². The van der Waals surface area contributed by atoms with Gasteiger partial charge in [0.2, 0.25) is 0 Å². The van der Waals surface area contributed by atoms with Crippen molar-refractivity contribution in [2.45, 2.75) is 9.79 Å². The molecular weight excluding hydrogens is 474 g/mol. The van der Waals surface area contributed by atoms with Gasteiger partial charge < -0.3 is 2.85 Å². The normalized spacial score (nSPS) is 11.1. The maximum atomic E-state index is 11.2. The first kappa shape index (κ1) is 28.3. The van der Waals surface area contributed by atoms with Crippen molar-refractivity contribution in [3.8, 4) is 11.1 Å². The van der Waals surface area contributed by atoms with Gasteiger partial charge in [-0.25, -0.2) is 0 Å². The molecule has 0 saturated carbocycles. The monoisotopic (exact) mass is 484 g/mol. The fraction of sp³-hybridized carbons (Fsp3) is 0. The van der Waals surface area contributed by atoms with Gasteiger partial charge in [-0.15, -0.1) is 0 Å². The van der Waals surface area contributed by atoms with Crippen molar-refractivity contribution in [2.75, 3.05) is 0 Å². The molecule has 28 heavy (non-hydrogen) atoms. The van der Waals surface area contributed by atoms with Crippen molar-refractivity contribution in [1.82, 2.24) is 0 Å². The van der Waals surface area contributed by atoms with Crippen molar-refractivity contribution in [1.29, 1.82) is 0 Å².